The number of aryl methyl sites for hydroxylation is 3. The van der Waals surface area contributed by atoms with Gasteiger partial charge in [0.1, 0.15) is 11.8 Å². The van der Waals surface area contributed by atoms with Gasteiger partial charge in [0.15, 0.2) is 0 Å². The summed E-state index contributed by atoms with van der Waals surface area (Å²) >= 11 is 0. The molecule has 2 aliphatic rings. The number of carbonyl (C=O) groups is 2. The minimum absolute atomic E-state index is 0.120. The fraction of sp³-hybridized carbons (Fsp3) is 0.417. The molecule has 4 rings (SSSR count). The standard InChI is InChI=1S/C24H29N3O2/c25-27-16-20(23(28)11-4-8-17-6-2-1-3-7-17)15-22(27)24(29)26-21-13-12-18-9-5-10-19(18)14-21/h1-3,6-7,12-14,20,22H,4-5,8-11,15-16,25H2,(H,26,29)/t20-,22+/m1/s1. The summed E-state index contributed by atoms with van der Waals surface area (Å²) in [7, 11) is 0. The minimum Gasteiger partial charge on any atom is -0.325 e. The molecule has 1 saturated heterocycles. The van der Waals surface area contributed by atoms with Crippen molar-refractivity contribution >= 4 is 17.4 Å². The van der Waals surface area contributed by atoms with Crippen LogP contribution in [0.1, 0.15) is 42.4 Å². The molecule has 1 amide bonds. The first kappa shape index (κ1) is 19.8. The van der Waals surface area contributed by atoms with Crippen molar-refractivity contribution in [2.75, 3.05) is 11.9 Å². The zero-order valence-corrected chi connectivity index (χ0v) is 16.8. The molecule has 152 valence electrons. The number of anilines is 1. The maximum absolute atomic E-state index is 12.7. The van der Waals surface area contributed by atoms with E-state index in [0.29, 0.717) is 19.4 Å². The Balaban J connectivity index is 1.28. The molecule has 2 aromatic rings. The van der Waals surface area contributed by atoms with Gasteiger partial charge in [-0.3, -0.25) is 15.4 Å². The second-order valence-electron chi connectivity index (χ2n) is 8.28. The van der Waals surface area contributed by atoms with Crippen molar-refractivity contribution in [3.63, 3.8) is 0 Å². The second-order valence-corrected chi connectivity index (χ2v) is 8.28. The topological polar surface area (TPSA) is 75.4 Å². The summed E-state index contributed by atoms with van der Waals surface area (Å²) in [5.41, 5.74) is 4.77. The van der Waals surface area contributed by atoms with Crippen molar-refractivity contribution in [1.29, 1.82) is 0 Å². The van der Waals surface area contributed by atoms with Gasteiger partial charge in [-0.25, -0.2) is 5.01 Å². The van der Waals surface area contributed by atoms with E-state index in [1.807, 2.05) is 24.3 Å². The third kappa shape index (κ3) is 4.74. The molecule has 0 radical (unpaired) electrons. The van der Waals surface area contributed by atoms with Gasteiger partial charge in [-0.1, -0.05) is 36.4 Å². The molecule has 2 aromatic carbocycles. The Morgan fingerprint density at radius 3 is 2.69 bits per heavy atom. The Labute approximate surface area is 172 Å². The largest absolute Gasteiger partial charge is 0.325 e. The van der Waals surface area contributed by atoms with Gasteiger partial charge >= 0.3 is 0 Å². The molecule has 1 heterocycles. The van der Waals surface area contributed by atoms with Crippen LogP contribution in [0.4, 0.5) is 5.69 Å². The summed E-state index contributed by atoms with van der Waals surface area (Å²) in [4.78, 5) is 25.4. The summed E-state index contributed by atoms with van der Waals surface area (Å²) in [6.45, 7) is 0.451. The summed E-state index contributed by atoms with van der Waals surface area (Å²) in [5, 5.41) is 4.53. The third-order valence-electron chi connectivity index (χ3n) is 6.19. The Bertz CT molecular complexity index is 881. The highest BCUT2D eigenvalue weighted by Gasteiger charge is 2.38. The van der Waals surface area contributed by atoms with Crippen LogP contribution in [0.15, 0.2) is 48.5 Å². The van der Waals surface area contributed by atoms with Crippen molar-refractivity contribution < 1.29 is 9.59 Å². The van der Waals surface area contributed by atoms with Crippen LogP contribution in [0.3, 0.4) is 0 Å². The minimum atomic E-state index is -0.452. The van der Waals surface area contributed by atoms with Gasteiger partial charge in [0, 0.05) is 24.6 Å². The van der Waals surface area contributed by atoms with Gasteiger partial charge in [0.05, 0.1) is 0 Å². The lowest BCUT2D eigenvalue weighted by molar-refractivity contribution is -0.122. The average molecular weight is 392 g/mol. The molecule has 5 heteroatoms. The predicted molar refractivity (Wildman–Crippen MR) is 114 cm³/mol. The average Bonchev–Trinajstić information content (AvgIpc) is 3.35. The number of nitrogens with one attached hydrogen (secondary N) is 1. The first-order chi connectivity index (χ1) is 14.1. The Kier molecular flexibility index (Phi) is 6.07. The molecule has 2 atom stereocenters. The first-order valence-corrected chi connectivity index (χ1v) is 10.6. The summed E-state index contributed by atoms with van der Waals surface area (Å²) in [6.07, 6.45) is 6.13. The highest BCUT2D eigenvalue weighted by molar-refractivity contribution is 5.96. The van der Waals surface area contributed by atoms with Gasteiger partial charge in [-0.2, -0.15) is 0 Å². The first-order valence-electron chi connectivity index (χ1n) is 10.6. The molecule has 0 bridgehead atoms. The van der Waals surface area contributed by atoms with Crippen molar-refractivity contribution in [1.82, 2.24) is 5.01 Å². The van der Waals surface area contributed by atoms with Crippen molar-refractivity contribution in [3.8, 4) is 0 Å². The number of amides is 1. The molecule has 1 aliphatic carbocycles. The zero-order valence-electron chi connectivity index (χ0n) is 16.8. The monoisotopic (exact) mass is 391 g/mol. The number of fused-ring (bicyclic) bond motifs is 1. The normalized spacial score (nSPS) is 21.1. The van der Waals surface area contributed by atoms with Crippen LogP contribution in [0.25, 0.3) is 0 Å². The van der Waals surface area contributed by atoms with Crippen molar-refractivity contribution in [2.45, 2.75) is 51.0 Å². The maximum Gasteiger partial charge on any atom is 0.243 e. The third-order valence-corrected chi connectivity index (χ3v) is 6.19. The number of ketones is 1. The molecular formula is C24H29N3O2. The number of nitrogens with zero attached hydrogens (tertiary/aromatic N) is 1. The molecule has 29 heavy (non-hydrogen) atoms. The van der Waals surface area contributed by atoms with E-state index in [1.54, 1.807) is 0 Å². The molecule has 0 aromatic heterocycles. The molecule has 3 N–H and O–H groups in total. The number of carbonyl (C=O) groups excluding carboxylic acids is 2. The Morgan fingerprint density at radius 1 is 1.07 bits per heavy atom. The van der Waals surface area contributed by atoms with Crippen molar-refractivity contribution in [3.05, 3.63) is 65.2 Å². The number of hydrogen-bond donors (Lipinski definition) is 2. The van der Waals surface area contributed by atoms with Gasteiger partial charge in [-0.15, -0.1) is 0 Å². The summed E-state index contributed by atoms with van der Waals surface area (Å²) < 4.78 is 0. The van der Waals surface area contributed by atoms with Crippen LogP contribution >= 0.6 is 0 Å². The zero-order chi connectivity index (χ0) is 20.2. The molecule has 0 saturated carbocycles. The molecule has 1 aliphatic heterocycles. The van der Waals surface area contributed by atoms with Crippen LogP contribution in [0.5, 0.6) is 0 Å². The number of benzene rings is 2. The number of Topliss-reactive ketones (excluding diaryl/α,β-unsaturated/α-hetero) is 1. The Morgan fingerprint density at radius 2 is 1.86 bits per heavy atom. The van der Waals surface area contributed by atoms with Gasteiger partial charge in [0.25, 0.3) is 0 Å². The molecular weight excluding hydrogens is 362 g/mol. The second kappa shape index (κ2) is 8.89. The van der Waals surface area contributed by atoms with Crippen LogP contribution < -0.4 is 11.2 Å². The van der Waals surface area contributed by atoms with Gasteiger partial charge in [0.2, 0.25) is 5.91 Å². The lowest BCUT2D eigenvalue weighted by Crippen LogP contribution is -2.43. The fourth-order valence-corrected chi connectivity index (χ4v) is 4.54. The van der Waals surface area contributed by atoms with E-state index >= 15 is 0 Å². The smallest absolute Gasteiger partial charge is 0.243 e. The van der Waals surface area contributed by atoms with Crippen LogP contribution in [-0.4, -0.2) is 29.3 Å². The highest BCUT2D eigenvalue weighted by Crippen LogP contribution is 2.27. The molecule has 5 nitrogen and oxygen atoms in total. The van der Waals surface area contributed by atoms with Gasteiger partial charge < -0.3 is 5.32 Å². The highest BCUT2D eigenvalue weighted by atomic mass is 16.2. The number of nitrogens with two attached hydrogens (primary N) is 1. The number of hydrazine groups is 1. The van der Waals surface area contributed by atoms with Crippen LogP contribution in [-0.2, 0) is 28.9 Å². The SMILES string of the molecule is NN1C[C@H](C(=O)CCCc2ccccc2)C[C@H]1C(=O)Nc1ccc2c(c1)CCC2. The molecule has 0 spiro atoms. The van der Waals surface area contributed by atoms with E-state index in [9.17, 15) is 9.59 Å². The Hall–Kier alpha value is -2.50. The van der Waals surface area contributed by atoms with E-state index < -0.39 is 6.04 Å². The lowest BCUT2D eigenvalue weighted by Gasteiger charge is -2.18. The van der Waals surface area contributed by atoms with Crippen molar-refractivity contribution in [2.24, 2.45) is 11.8 Å². The molecule has 1 fully saturated rings. The maximum atomic E-state index is 12.7. The fourth-order valence-electron chi connectivity index (χ4n) is 4.54. The predicted octanol–water partition coefficient (Wildman–Crippen LogP) is 3.27. The number of hydrogen-bond acceptors (Lipinski definition) is 4. The number of rotatable bonds is 7. The van der Waals surface area contributed by atoms with E-state index in [1.165, 1.54) is 28.1 Å². The lowest BCUT2D eigenvalue weighted by atomic mass is 9.95. The van der Waals surface area contributed by atoms with E-state index in [4.69, 9.17) is 5.84 Å². The quantitative estimate of drug-likeness (QED) is 0.711. The van der Waals surface area contributed by atoms with E-state index in [0.717, 1.165) is 31.4 Å². The van der Waals surface area contributed by atoms with Crippen LogP contribution in [0.2, 0.25) is 0 Å². The summed E-state index contributed by atoms with van der Waals surface area (Å²) in [5.74, 6) is 6.02. The molecule has 0 unspecified atom stereocenters. The van der Waals surface area contributed by atoms with E-state index in [-0.39, 0.29) is 17.6 Å². The summed E-state index contributed by atoms with van der Waals surface area (Å²) in [6, 6.07) is 15.9. The van der Waals surface area contributed by atoms with Gasteiger partial charge in [-0.05, 0) is 67.3 Å². The van der Waals surface area contributed by atoms with Crippen LogP contribution in [0, 0.1) is 5.92 Å². The van der Waals surface area contributed by atoms with E-state index in [2.05, 4.69) is 29.6 Å².